The third-order valence-corrected chi connectivity index (χ3v) is 4.71. The Hall–Kier alpha value is -1.80. The van der Waals surface area contributed by atoms with Gasteiger partial charge in [-0.2, -0.15) is 0 Å². The maximum absolute atomic E-state index is 13.7. The van der Waals surface area contributed by atoms with E-state index in [0.717, 1.165) is 6.07 Å². The number of hydrogen-bond acceptors (Lipinski definition) is 4. The molecule has 0 saturated carbocycles. The molecule has 0 heterocycles. The summed E-state index contributed by atoms with van der Waals surface area (Å²) < 4.78 is 46.0. The van der Waals surface area contributed by atoms with Gasteiger partial charge in [0.1, 0.15) is 16.5 Å². The van der Waals surface area contributed by atoms with Gasteiger partial charge in [-0.3, -0.25) is 4.72 Å². The number of sulfonamides is 1. The van der Waals surface area contributed by atoms with Crippen LogP contribution in [0.1, 0.15) is 0 Å². The van der Waals surface area contributed by atoms with Crippen LogP contribution < -0.4 is 15.2 Å². The van der Waals surface area contributed by atoms with Crippen molar-refractivity contribution in [1.29, 1.82) is 0 Å². The highest BCUT2D eigenvalue weighted by Crippen LogP contribution is 2.31. The van der Waals surface area contributed by atoms with Crippen LogP contribution in [0.25, 0.3) is 0 Å². The summed E-state index contributed by atoms with van der Waals surface area (Å²) in [4.78, 5) is -0.167. The molecule has 0 unspecified atom stereocenters. The SMILES string of the molecule is COc1ccc(N)cc1S(=O)(=O)Nc1c(F)cccc1Br. The number of benzene rings is 2. The van der Waals surface area contributed by atoms with Crippen molar-refractivity contribution in [3.8, 4) is 5.75 Å². The van der Waals surface area contributed by atoms with Gasteiger partial charge >= 0.3 is 0 Å². The maximum atomic E-state index is 13.7. The van der Waals surface area contributed by atoms with Crippen molar-refractivity contribution >= 4 is 37.3 Å². The lowest BCUT2D eigenvalue weighted by Gasteiger charge is -2.13. The van der Waals surface area contributed by atoms with Crippen LogP contribution >= 0.6 is 15.9 Å². The molecule has 0 spiro atoms. The Labute approximate surface area is 130 Å². The molecule has 0 fully saturated rings. The molecule has 0 radical (unpaired) electrons. The predicted octanol–water partition coefficient (Wildman–Crippen LogP) is 2.98. The standard InChI is InChI=1S/C13H12BrFN2O3S/c1-20-11-6-5-8(16)7-12(11)21(18,19)17-13-9(14)3-2-4-10(13)15/h2-7,17H,16H2,1H3. The average Bonchev–Trinajstić information content (AvgIpc) is 2.43. The molecule has 0 aliphatic carbocycles. The summed E-state index contributed by atoms with van der Waals surface area (Å²) in [7, 11) is -2.71. The van der Waals surface area contributed by atoms with Crippen molar-refractivity contribution in [2.24, 2.45) is 0 Å². The number of hydrogen-bond donors (Lipinski definition) is 2. The summed E-state index contributed by atoms with van der Waals surface area (Å²) >= 11 is 3.10. The first kappa shape index (κ1) is 15.6. The molecule has 0 amide bonds. The van der Waals surface area contributed by atoms with Crippen LogP contribution in [0.15, 0.2) is 45.8 Å². The third-order valence-electron chi connectivity index (χ3n) is 2.68. The topological polar surface area (TPSA) is 81.4 Å². The molecule has 0 saturated heterocycles. The third kappa shape index (κ3) is 3.27. The van der Waals surface area contributed by atoms with Crippen molar-refractivity contribution in [2.45, 2.75) is 4.90 Å². The molecule has 0 bridgehead atoms. The van der Waals surface area contributed by atoms with Crippen LogP contribution in [0, 0.1) is 5.82 Å². The zero-order valence-electron chi connectivity index (χ0n) is 10.9. The fourth-order valence-corrected chi connectivity index (χ4v) is 3.55. The number of nitrogens with one attached hydrogen (secondary N) is 1. The van der Waals surface area contributed by atoms with Crippen LogP contribution in [0.5, 0.6) is 5.75 Å². The highest BCUT2D eigenvalue weighted by Gasteiger charge is 2.22. The van der Waals surface area contributed by atoms with Crippen LogP contribution in [0.2, 0.25) is 0 Å². The van der Waals surface area contributed by atoms with Gasteiger partial charge in [0.25, 0.3) is 10.0 Å². The molecule has 2 aromatic rings. The summed E-state index contributed by atoms with van der Waals surface area (Å²) in [5.41, 5.74) is 5.68. The van der Waals surface area contributed by atoms with E-state index in [1.807, 2.05) is 0 Å². The van der Waals surface area contributed by atoms with Crippen molar-refractivity contribution in [2.75, 3.05) is 17.6 Å². The van der Waals surface area contributed by atoms with E-state index in [9.17, 15) is 12.8 Å². The van der Waals surface area contributed by atoms with Crippen LogP contribution in [0.4, 0.5) is 15.8 Å². The summed E-state index contributed by atoms with van der Waals surface area (Å²) in [6.45, 7) is 0. The quantitative estimate of drug-likeness (QED) is 0.806. The molecule has 112 valence electrons. The molecular weight excluding hydrogens is 363 g/mol. The second-order valence-corrected chi connectivity index (χ2v) is 6.62. The summed E-state index contributed by atoms with van der Waals surface area (Å²) in [5.74, 6) is -0.583. The molecule has 8 heteroatoms. The molecular formula is C13H12BrFN2O3S. The van der Waals surface area contributed by atoms with Gasteiger partial charge in [-0.15, -0.1) is 0 Å². The molecule has 0 aliphatic rings. The van der Waals surface area contributed by atoms with E-state index < -0.39 is 15.8 Å². The lowest BCUT2D eigenvalue weighted by molar-refractivity contribution is 0.403. The maximum Gasteiger partial charge on any atom is 0.265 e. The number of halogens is 2. The number of para-hydroxylation sites is 1. The Morgan fingerprint density at radius 3 is 2.62 bits per heavy atom. The van der Waals surface area contributed by atoms with E-state index in [-0.39, 0.29) is 26.5 Å². The number of methoxy groups -OCH3 is 1. The molecule has 5 nitrogen and oxygen atoms in total. The molecule has 2 rings (SSSR count). The zero-order valence-corrected chi connectivity index (χ0v) is 13.3. The Morgan fingerprint density at radius 2 is 2.00 bits per heavy atom. The van der Waals surface area contributed by atoms with E-state index in [1.54, 1.807) is 0 Å². The number of rotatable bonds is 4. The number of nitrogen functional groups attached to an aromatic ring is 1. The van der Waals surface area contributed by atoms with E-state index >= 15 is 0 Å². The molecule has 0 aliphatic heterocycles. The first-order chi connectivity index (χ1) is 9.85. The van der Waals surface area contributed by atoms with E-state index in [0.29, 0.717) is 0 Å². The molecule has 0 aromatic heterocycles. The van der Waals surface area contributed by atoms with Gasteiger partial charge in [-0.25, -0.2) is 12.8 Å². The Kier molecular flexibility index (Phi) is 4.38. The lowest BCUT2D eigenvalue weighted by Crippen LogP contribution is -2.15. The van der Waals surface area contributed by atoms with Gasteiger partial charge in [-0.1, -0.05) is 6.07 Å². The number of ether oxygens (including phenoxy) is 1. The lowest BCUT2D eigenvalue weighted by atomic mass is 10.3. The minimum absolute atomic E-state index is 0.115. The van der Waals surface area contributed by atoms with Crippen molar-refractivity contribution in [3.05, 3.63) is 46.7 Å². The Bertz CT molecular complexity index is 761. The first-order valence-electron chi connectivity index (χ1n) is 5.75. The fraction of sp³-hybridized carbons (Fsp3) is 0.0769. The minimum Gasteiger partial charge on any atom is -0.495 e. The molecule has 2 aromatic carbocycles. The van der Waals surface area contributed by atoms with Crippen molar-refractivity contribution < 1.29 is 17.5 Å². The second-order valence-electron chi connectivity index (χ2n) is 4.11. The normalized spacial score (nSPS) is 11.2. The van der Waals surface area contributed by atoms with Gasteiger partial charge in [0.05, 0.1) is 12.8 Å². The largest absolute Gasteiger partial charge is 0.495 e. The minimum atomic E-state index is -4.05. The predicted molar refractivity (Wildman–Crippen MR) is 82.3 cm³/mol. The molecule has 0 atom stereocenters. The van der Waals surface area contributed by atoms with E-state index in [2.05, 4.69) is 20.7 Å². The number of nitrogens with two attached hydrogens (primary N) is 1. The molecule has 3 N–H and O–H groups in total. The zero-order chi connectivity index (χ0) is 15.6. The molecule has 21 heavy (non-hydrogen) atoms. The Balaban J connectivity index is 2.51. The summed E-state index contributed by atoms with van der Waals surface area (Å²) in [6, 6.07) is 8.32. The van der Waals surface area contributed by atoms with Gasteiger partial charge in [0.2, 0.25) is 0 Å². The van der Waals surface area contributed by atoms with E-state index in [1.165, 1.54) is 37.4 Å². The van der Waals surface area contributed by atoms with E-state index in [4.69, 9.17) is 10.5 Å². The smallest absolute Gasteiger partial charge is 0.265 e. The van der Waals surface area contributed by atoms with Gasteiger partial charge in [-0.05, 0) is 46.3 Å². The second kappa shape index (κ2) is 5.90. The first-order valence-corrected chi connectivity index (χ1v) is 8.03. The fourth-order valence-electron chi connectivity index (χ4n) is 1.69. The van der Waals surface area contributed by atoms with Gasteiger partial charge < -0.3 is 10.5 Å². The summed E-state index contributed by atoms with van der Waals surface area (Å²) in [6.07, 6.45) is 0. The number of anilines is 2. The highest BCUT2D eigenvalue weighted by atomic mass is 79.9. The average molecular weight is 375 g/mol. The van der Waals surface area contributed by atoms with Crippen LogP contribution in [-0.4, -0.2) is 15.5 Å². The Morgan fingerprint density at radius 1 is 1.29 bits per heavy atom. The van der Waals surface area contributed by atoms with Gasteiger partial charge in [0, 0.05) is 10.2 Å². The van der Waals surface area contributed by atoms with Crippen LogP contribution in [0.3, 0.4) is 0 Å². The highest BCUT2D eigenvalue weighted by molar-refractivity contribution is 9.10. The summed E-state index contributed by atoms with van der Waals surface area (Å²) in [5, 5.41) is 0. The van der Waals surface area contributed by atoms with Crippen LogP contribution in [-0.2, 0) is 10.0 Å². The van der Waals surface area contributed by atoms with Crippen molar-refractivity contribution in [3.63, 3.8) is 0 Å². The monoisotopic (exact) mass is 374 g/mol. The van der Waals surface area contributed by atoms with Gasteiger partial charge in [0.15, 0.2) is 0 Å². The van der Waals surface area contributed by atoms with Crippen molar-refractivity contribution in [1.82, 2.24) is 0 Å².